The number of carboxylic acids is 1. The number of thiophene rings is 1. The summed E-state index contributed by atoms with van der Waals surface area (Å²) >= 11 is 1.63. The molecule has 0 radical (unpaired) electrons. The Hall–Kier alpha value is -1.69. The van der Waals surface area contributed by atoms with Gasteiger partial charge in [-0.3, -0.25) is 9.36 Å². The second-order valence-corrected chi connectivity index (χ2v) is 9.54. The minimum atomic E-state index is -0.998. The van der Waals surface area contributed by atoms with E-state index < -0.39 is 12.0 Å². The molecule has 142 valence electrons. The van der Waals surface area contributed by atoms with Gasteiger partial charge in [-0.25, -0.2) is 9.78 Å². The number of aryl methyl sites for hydroxylation is 2. The number of fused-ring (bicyclic) bond motifs is 3. The largest absolute Gasteiger partial charge is 0.480 e. The van der Waals surface area contributed by atoms with Crippen molar-refractivity contribution in [3.63, 3.8) is 0 Å². The zero-order valence-electron chi connectivity index (χ0n) is 16.3. The lowest BCUT2D eigenvalue weighted by Gasteiger charge is -2.33. The van der Waals surface area contributed by atoms with E-state index in [2.05, 4.69) is 20.8 Å². The zero-order valence-corrected chi connectivity index (χ0v) is 17.1. The molecule has 26 heavy (non-hydrogen) atoms. The summed E-state index contributed by atoms with van der Waals surface area (Å²) in [5.41, 5.74) is 1.17. The van der Waals surface area contributed by atoms with Crippen LogP contribution in [0.2, 0.25) is 0 Å². The van der Waals surface area contributed by atoms with Crippen LogP contribution in [-0.2, 0) is 24.1 Å². The Kier molecular flexibility index (Phi) is 4.99. The molecule has 2 atom stereocenters. The average Bonchev–Trinajstić information content (AvgIpc) is 2.91. The predicted octanol–water partition coefficient (Wildman–Crippen LogP) is 4.21. The van der Waals surface area contributed by atoms with Crippen molar-refractivity contribution in [1.82, 2.24) is 9.55 Å². The summed E-state index contributed by atoms with van der Waals surface area (Å²) in [6.45, 7) is 10.4. The summed E-state index contributed by atoms with van der Waals surface area (Å²) in [5, 5.41) is 10.1. The molecule has 1 N–H and O–H groups in total. The second kappa shape index (κ2) is 6.80. The molecule has 6 heteroatoms. The molecule has 0 saturated heterocycles. The van der Waals surface area contributed by atoms with Crippen molar-refractivity contribution < 1.29 is 9.90 Å². The van der Waals surface area contributed by atoms with Crippen molar-refractivity contribution in [3.05, 3.63) is 26.6 Å². The van der Waals surface area contributed by atoms with Gasteiger partial charge in [0.15, 0.2) is 0 Å². The summed E-state index contributed by atoms with van der Waals surface area (Å²) in [4.78, 5) is 31.6. The number of nitrogens with zero attached hydrogens (tertiary/aromatic N) is 2. The lowest BCUT2D eigenvalue weighted by molar-refractivity contribution is -0.140. The number of aliphatic carboxylic acids is 1. The second-order valence-electron chi connectivity index (χ2n) is 8.46. The molecule has 3 rings (SSSR count). The van der Waals surface area contributed by atoms with E-state index in [1.54, 1.807) is 18.3 Å². The van der Waals surface area contributed by atoms with Crippen LogP contribution in [0.4, 0.5) is 0 Å². The van der Waals surface area contributed by atoms with Crippen molar-refractivity contribution in [2.45, 2.75) is 72.8 Å². The average molecular weight is 377 g/mol. The number of rotatable bonds is 4. The highest BCUT2D eigenvalue weighted by atomic mass is 32.1. The van der Waals surface area contributed by atoms with Crippen molar-refractivity contribution in [3.8, 4) is 0 Å². The van der Waals surface area contributed by atoms with E-state index in [0.29, 0.717) is 23.5 Å². The van der Waals surface area contributed by atoms with Crippen LogP contribution in [0, 0.1) is 11.3 Å². The maximum Gasteiger partial charge on any atom is 0.326 e. The highest BCUT2D eigenvalue weighted by Gasteiger charge is 2.32. The van der Waals surface area contributed by atoms with Gasteiger partial charge in [-0.05, 0) is 49.5 Å². The summed E-state index contributed by atoms with van der Waals surface area (Å²) in [5.74, 6) is 0.187. The first-order valence-corrected chi connectivity index (χ1v) is 10.2. The van der Waals surface area contributed by atoms with E-state index in [1.807, 2.05) is 6.92 Å². The molecule has 1 aliphatic carbocycles. The highest BCUT2D eigenvalue weighted by Crippen LogP contribution is 2.42. The molecule has 2 aromatic heterocycles. The number of hydrogen-bond donors (Lipinski definition) is 1. The van der Waals surface area contributed by atoms with Gasteiger partial charge in [0, 0.05) is 11.3 Å². The number of carbonyl (C=O) groups is 1. The molecule has 0 spiro atoms. The predicted molar refractivity (Wildman–Crippen MR) is 105 cm³/mol. The smallest absolute Gasteiger partial charge is 0.326 e. The Balaban J connectivity index is 2.20. The Morgan fingerprint density at radius 1 is 1.42 bits per heavy atom. The van der Waals surface area contributed by atoms with Gasteiger partial charge in [0.25, 0.3) is 5.56 Å². The van der Waals surface area contributed by atoms with Crippen molar-refractivity contribution >= 4 is 27.5 Å². The van der Waals surface area contributed by atoms with Crippen LogP contribution in [0.1, 0.15) is 69.8 Å². The third-order valence-corrected chi connectivity index (χ3v) is 6.78. The summed E-state index contributed by atoms with van der Waals surface area (Å²) in [6, 6.07) is -0.901. The van der Waals surface area contributed by atoms with Crippen LogP contribution >= 0.6 is 11.3 Å². The Labute approximate surface area is 158 Å². The van der Waals surface area contributed by atoms with Gasteiger partial charge in [-0.15, -0.1) is 11.3 Å². The van der Waals surface area contributed by atoms with Crippen LogP contribution in [-0.4, -0.2) is 20.6 Å². The molecule has 0 aliphatic heterocycles. The molecule has 0 amide bonds. The van der Waals surface area contributed by atoms with Crippen molar-refractivity contribution in [2.75, 3.05) is 0 Å². The maximum atomic E-state index is 13.2. The first-order valence-electron chi connectivity index (χ1n) is 9.43. The van der Waals surface area contributed by atoms with Gasteiger partial charge >= 0.3 is 5.97 Å². The molecule has 2 unspecified atom stereocenters. The van der Waals surface area contributed by atoms with Crippen LogP contribution < -0.4 is 5.56 Å². The quantitative estimate of drug-likeness (QED) is 0.868. The molecule has 0 saturated carbocycles. The SMILES string of the molecule is CCCc1nc2sc3c(c2c(=O)n1C(C)C(=O)O)CCC(C(C)(C)C)C3. The van der Waals surface area contributed by atoms with Gasteiger partial charge in [-0.1, -0.05) is 27.7 Å². The fourth-order valence-electron chi connectivity index (χ4n) is 3.93. The molecule has 1 aliphatic rings. The Bertz CT molecular complexity index is 904. The lowest BCUT2D eigenvalue weighted by Crippen LogP contribution is -2.32. The van der Waals surface area contributed by atoms with Gasteiger partial charge in [0.2, 0.25) is 0 Å². The van der Waals surface area contributed by atoms with E-state index in [0.717, 1.165) is 36.1 Å². The molecule has 2 aromatic rings. The highest BCUT2D eigenvalue weighted by molar-refractivity contribution is 7.18. The molecular formula is C20H28N2O3S. The number of carboxylic acid groups (broad SMARTS) is 1. The fraction of sp³-hybridized carbons (Fsp3) is 0.650. The molecule has 2 heterocycles. The summed E-state index contributed by atoms with van der Waals surface area (Å²) in [7, 11) is 0. The number of aromatic nitrogens is 2. The molecule has 0 fully saturated rings. The molecule has 0 bridgehead atoms. The van der Waals surface area contributed by atoms with Crippen molar-refractivity contribution in [2.24, 2.45) is 11.3 Å². The standard InChI is InChI=1S/C20H28N2O3S/c1-6-7-15-21-17-16(18(23)22(15)11(2)19(24)25)13-9-8-12(20(3,4)5)10-14(13)26-17/h11-12H,6-10H2,1-5H3,(H,24,25). The van der Waals surface area contributed by atoms with Gasteiger partial charge in [0.05, 0.1) is 5.39 Å². The minimum Gasteiger partial charge on any atom is -0.480 e. The van der Waals surface area contributed by atoms with Crippen LogP contribution in [0.5, 0.6) is 0 Å². The van der Waals surface area contributed by atoms with Gasteiger partial charge in [0.1, 0.15) is 16.7 Å². The van der Waals surface area contributed by atoms with Gasteiger partial charge < -0.3 is 5.11 Å². The van der Waals surface area contributed by atoms with E-state index in [4.69, 9.17) is 4.98 Å². The molecule has 0 aromatic carbocycles. The molecular weight excluding hydrogens is 348 g/mol. The topological polar surface area (TPSA) is 72.2 Å². The van der Waals surface area contributed by atoms with E-state index in [-0.39, 0.29) is 11.0 Å². The van der Waals surface area contributed by atoms with Crippen LogP contribution in [0.25, 0.3) is 10.2 Å². The first-order chi connectivity index (χ1) is 12.1. The number of hydrogen-bond acceptors (Lipinski definition) is 4. The van der Waals surface area contributed by atoms with E-state index >= 15 is 0 Å². The van der Waals surface area contributed by atoms with Crippen LogP contribution in [0.3, 0.4) is 0 Å². The third kappa shape index (κ3) is 3.20. The van der Waals surface area contributed by atoms with E-state index in [1.165, 1.54) is 9.44 Å². The Morgan fingerprint density at radius 2 is 2.12 bits per heavy atom. The van der Waals surface area contributed by atoms with E-state index in [9.17, 15) is 14.7 Å². The Morgan fingerprint density at radius 3 is 2.69 bits per heavy atom. The summed E-state index contributed by atoms with van der Waals surface area (Å²) in [6.07, 6.45) is 4.35. The molecule has 5 nitrogen and oxygen atoms in total. The maximum absolute atomic E-state index is 13.2. The normalized spacial score (nSPS) is 18.7. The van der Waals surface area contributed by atoms with Crippen molar-refractivity contribution in [1.29, 1.82) is 0 Å². The minimum absolute atomic E-state index is 0.181. The fourth-order valence-corrected chi connectivity index (χ4v) is 5.24. The van der Waals surface area contributed by atoms with Crippen LogP contribution in [0.15, 0.2) is 4.79 Å². The zero-order chi connectivity index (χ0) is 19.2. The van der Waals surface area contributed by atoms with Gasteiger partial charge in [-0.2, -0.15) is 0 Å². The third-order valence-electron chi connectivity index (χ3n) is 5.63. The lowest BCUT2D eigenvalue weighted by atomic mass is 9.72. The summed E-state index contributed by atoms with van der Waals surface area (Å²) < 4.78 is 1.40. The first kappa shape index (κ1) is 19.1. The monoisotopic (exact) mass is 376 g/mol.